The Kier molecular flexibility index (Phi) is 3.44. The highest BCUT2D eigenvalue weighted by atomic mass is 32.2. The first-order valence-corrected chi connectivity index (χ1v) is 6.74. The number of aromatic amines is 1. The van der Waals surface area contributed by atoms with Gasteiger partial charge in [-0.2, -0.15) is 5.10 Å². The van der Waals surface area contributed by atoms with E-state index in [9.17, 15) is 12.8 Å². The zero-order valence-corrected chi connectivity index (χ0v) is 10.4. The quantitative estimate of drug-likeness (QED) is 0.885. The summed E-state index contributed by atoms with van der Waals surface area (Å²) in [5.74, 6) is -0.445. The Balaban J connectivity index is 2.23. The molecule has 0 radical (unpaired) electrons. The normalized spacial score (nSPS) is 13.4. The summed E-state index contributed by atoms with van der Waals surface area (Å²) in [6.07, 6.45) is 2.45. The molecule has 0 aliphatic rings. The second-order valence-corrected chi connectivity index (χ2v) is 5.51. The fraction of sp³-hybridized carbons (Fsp3) is 0.182. The summed E-state index contributed by atoms with van der Waals surface area (Å²) in [6, 6.07) is 5.37. The second kappa shape index (κ2) is 4.87. The van der Waals surface area contributed by atoms with Gasteiger partial charge in [0.2, 0.25) is 10.0 Å². The van der Waals surface area contributed by atoms with E-state index in [1.54, 1.807) is 19.1 Å². The number of hydrogen-bond acceptors (Lipinski definition) is 3. The molecule has 0 aliphatic heterocycles. The molecule has 0 fully saturated rings. The molecule has 1 heterocycles. The van der Waals surface area contributed by atoms with Gasteiger partial charge in [0.1, 0.15) is 10.7 Å². The van der Waals surface area contributed by atoms with E-state index in [0.717, 1.165) is 0 Å². The highest BCUT2D eigenvalue weighted by Crippen LogP contribution is 2.18. The molecule has 1 aromatic heterocycles. The Morgan fingerprint density at radius 2 is 2.11 bits per heavy atom. The van der Waals surface area contributed by atoms with Crippen molar-refractivity contribution in [2.75, 3.05) is 0 Å². The van der Waals surface area contributed by atoms with Gasteiger partial charge in [-0.1, -0.05) is 18.2 Å². The molecule has 0 saturated carbocycles. The first-order chi connectivity index (χ1) is 8.50. The molecule has 2 N–H and O–H groups in total. The van der Waals surface area contributed by atoms with Crippen LogP contribution in [-0.2, 0) is 10.0 Å². The van der Waals surface area contributed by atoms with Crippen LogP contribution in [0, 0.1) is 5.82 Å². The zero-order chi connectivity index (χ0) is 13.2. The van der Waals surface area contributed by atoms with Gasteiger partial charge in [-0.3, -0.25) is 5.10 Å². The lowest BCUT2D eigenvalue weighted by Crippen LogP contribution is -2.27. The van der Waals surface area contributed by atoms with E-state index in [2.05, 4.69) is 14.9 Å². The number of benzene rings is 1. The van der Waals surface area contributed by atoms with Crippen molar-refractivity contribution in [3.63, 3.8) is 0 Å². The van der Waals surface area contributed by atoms with Crippen LogP contribution in [0.4, 0.5) is 4.39 Å². The minimum absolute atomic E-state index is 0.0192. The molecule has 0 amide bonds. The molecule has 2 aromatic rings. The van der Waals surface area contributed by atoms with E-state index in [0.29, 0.717) is 5.56 Å². The van der Waals surface area contributed by atoms with Gasteiger partial charge in [0.05, 0.1) is 6.20 Å². The molecular weight excluding hydrogens is 257 g/mol. The number of H-pyrrole nitrogens is 1. The molecule has 0 bridgehead atoms. The number of sulfonamides is 1. The molecule has 0 aliphatic carbocycles. The lowest BCUT2D eigenvalue weighted by atomic mass is 10.1. The molecule has 5 nitrogen and oxygen atoms in total. The topological polar surface area (TPSA) is 74.8 Å². The van der Waals surface area contributed by atoms with E-state index >= 15 is 0 Å². The van der Waals surface area contributed by atoms with Crippen molar-refractivity contribution >= 4 is 10.0 Å². The van der Waals surface area contributed by atoms with Crippen molar-refractivity contribution in [1.29, 1.82) is 0 Å². The van der Waals surface area contributed by atoms with Gasteiger partial charge in [-0.05, 0) is 13.0 Å². The number of aromatic nitrogens is 2. The van der Waals surface area contributed by atoms with Crippen molar-refractivity contribution < 1.29 is 12.8 Å². The monoisotopic (exact) mass is 269 g/mol. The predicted octanol–water partition coefficient (Wildman–Crippen LogP) is 1.59. The van der Waals surface area contributed by atoms with Crippen LogP contribution in [0.1, 0.15) is 18.5 Å². The average molecular weight is 269 g/mol. The molecule has 96 valence electrons. The number of hydrogen-bond donors (Lipinski definition) is 2. The van der Waals surface area contributed by atoms with E-state index in [-0.39, 0.29) is 4.90 Å². The second-order valence-electron chi connectivity index (χ2n) is 3.80. The summed E-state index contributed by atoms with van der Waals surface area (Å²) in [4.78, 5) is 0.0192. The summed E-state index contributed by atoms with van der Waals surface area (Å²) in [5, 5.41) is 5.98. The number of nitrogens with zero attached hydrogens (tertiary/aromatic N) is 1. The molecule has 2 rings (SSSR count). The predicted molar refractivity (Wildman–Crippen MR) is 63.7 cm³/mol. The molecule has 1 atom stereocenters. The van der Waals surface area contributed by atoms with Crippen LogP contribution in [0.3, 0.4) is 0 Å². The van der Waals surface area contributed by atoms with E-state index < -0.39 is 21.9 Å². The Morgan fingerprint density at radius 1 is 1.39 bits per heavy atom. The van der Waals surface area contributed by atoms with Gasteiger partial charge in [0.15, 0.2) is 0 Å². The van der Waals surface area contributed by atoms with Crippen molar-refractivity contribution in [3.05, 3.63) is 48.0 Å². The van der Waals surface area contributed by atoms with E-state index in [4.69, 9.17) is 0 Å². The van der Waals surface area contributed by atoms with Crippen molar-refractivity contribution in [2.45, 2.75) is 17.9 Å². The number of halogens is 1. The maximum absolute atomic E-state index is 13.5. The van der Waals surface area contributed by atoms with Crippen LogP contribution in [0.2, 0.25) is 0 Å². The molecule has 1 unspecified atom stereocenters. The minimum atomic E-state index is -3.69. The number of rotatable bonds is 4. The van der Waals surface area contributed by atoms with Crippen LogP contribution in [0.25, 0.3) is 0 Å². The molecule has 1 aromatic carbocycles. The summed E-state index contributed by atoms with van der Waals surface area (Å²) < 4.78 is 39.7. The largest absolute Gasteiger partial charge is 0.284 e. The maximum atomic E-state index is 13.5. The van der Waals surface area contributed by atoms with Gasteiger partial charge < -0.3 is 0 Å². The first kappa shape index (κ1) is 12.7. The molecule has 0 spiro atoms. The SMILES string of the molecule is CC(NS(=O)(=O)c1cn[nH]c1)c1ccccc1F. The third kappa shape index (κ3) is 2.57. The Hall–Kier alpha value is -1.73. The Labute approximate surface area is 104 Å². The van der Waals surface area contributed by atoms with Gasteiger partial charge in [0, 0.05) is 17.8 Å². The number of nitrogens with one attached hydrogen (secondary N) is 2. The lowest BCUT2D eigenvalue weighted by Gasteiger charge is -2.14. The summed E-state index contributed by atoms with van der Waals surface area (Å²) in [6.45, 7) is 1.58. The zero-order valence-electron chi connectivity index (χ0n) is 9.59. The smallest absolute Gasteiger partial charge is 0.244 e. The van der Waals surface area contributed by atoms with Gasteiger partial charge in [0.25, 0.3) is 0 Å². The average Bonchev–Trinajstić information content (AvgIpc) is 2.82. The van der Waals surface area contributed by atoms with Crippen molar-refractivity contribution in [1.82, 2.24) is 14.9 Å². The summed E-state index contributed by atoms with van der Waals surface area (Å²) in [7, 11) is -3.69. The van der Waals surface area contributed by atoms with Gasteiger partial charge in [-0.15, -0.1) is 0 Å². The highest BCUT2D eigenvalue weighted by molar-refractivity contribution is 7.89. The van der Waals surface area contributed by atoms with Crippen molar-refractivity contribution in [2.24, 2.45) is 0 Å². The molecule has 7 heteroatoms. The fourth-order valence-corrected chi connectivity index (χ4v) is 2.70. The van der Waals surface area contributed by atoms with Crippen LogP contribution >= 0.6 is 0 Å². The lowest BCUT2D eigenvalue weighted by molar-refractivity contribution is 0.550. The van der Waals surface area contributed by atoms with Crippen molar-refractivity contribution in [3.8, 4) is 0 Å². The van der Waals surface area contributed by atoms with Crippen LogP contribution in [-0.4, -0.2) is 18.6 Å². The first-order valence-electron chi connectivity index (χ1n) is 5.26. The van der Waals surface area contributed by atoms with Crippen LogP contribution < -0.4 is 4.72 Å². The third-order valence-electron chi connectivity index (χ3n) is 2.49. The molecular formula is C11H12FN3O2S. The summed E-state index contributed by atoms with van der Waals surface area (Å²) in [5.41, 5.74) is 0.296. The van der Waals surface area contributed by atoms with Crippen LogP contribution in [0.15, 0.2) is 41.6 Å². The highest BCUT2D eigenvalue weighted by Gasteiger charge is 2.20. The summed E-state index contributed by atoms with van der Waals surface area (Å²) >= 11 is 0. The third-order valence-corrected chi connectivity index (χ3v) is 3.99. The minimum Gasteiger partial charge on any atom is -0.284 e. The fourth-order valence-electron chi connectivity index (χ4n) is 1.58. The maximum Gasteiger partial charge on any atom is 0.244 e. The standard InChI is InChI=1S/C11H12FN3O2S/c1-8(10-4-2-3-5-11(10)12)15-18(16,17)9-6-13-14-7-9/h2-8,15H,1H3,(H,13,14). The van der Waals surface area contributed by atoms with E-state index in [1.165, 1.54) is 24.5 Å². The van der Waals surface area contributed by atoms with Gasteiger partial charge >= 0.3 is 0 Å². The van der Waals surface area contributed by atoms with Gasteiger partial charge in [-0.25, -0.2) is 17.5 Å². The van der Waals surface area contributed by atoms with Crippen LogP contribution in [0.5, 0.6) is 0 Å². The molecule has 18 heavy (non-hydrogen) atoms. The Bertz CT molecular complexity index is 625. The molecule has 0 saturated heterocycles. The Morgan fingerprint density at radius 3 is 2.72 bits per heavy atom. The van der Waals surface area contributed by atoms with E-state index in [1.807, 2.05) is 0 Å².